The van der Waals surface area contributed by atoms with Gasteiger partial charge in [0, 0.05) is 6.20 Å². The number of nitrogens with one attached hydrogen (secondary N) is 1. The summed E-state index contributed by atoms with van der Waals surface area (Å²) in [5, 5.41) is 13.0. The number of hydrogen-bond acceptors (Lipinski definition) is 5. The molecule has 3 aromatic rings. The first kappa shape index (κ1) is 15.5. The SMILES string of the molecule is O=C(Cn1cnnn1)Nc1cccn(Cc2ccc(F)cc2)c1=O. The van der Waals surface area contributed by atoms with E-state index in [2.05, 4.69) is 20.8 Å². The normalized spacial score (nSPS) is 10.5. The average Bonchev–Trinajstić information content (AvgIpc) is 3.06. The van der Waals surface area contributed by atoms with Gasteiger partial charge in [0.15, 0.2) is 0 Å². The van der Waals surface area contributed by atoms with Crippen LogP contribution in [0.15, 0.2) is 53.7 Å². The summed E-state index contributed by atoms with van der Waals surface area (Å²) in [6.07, 6.45) is 2.90. The van der Waals surface area contributed by atoms with Crippen molar-refractivity contribution in [2.75, 3.05) is 5.32 Å². The molecule has 2 aromatic heterocycles. The van der Waals surface area contributed by atoms with Crippen molar-refractivity contribution in [3.8, 4) is 0 Å². The Kier molecular flexibility index (Phi) is 4.41. The number of nitrogens with zero attached hydrogens (tertiary/aromatic N) is 5. The Morgan fingerprint density at radius 2 is 2.00 bits per heavy atom. The van der Waals surface area contributed by atoms with E-state index >= 15 is 0 Å². The van der Waals surface area contributed by atoms with E-state index in [1.807, 2.05) is 0 Å². The largest absolute Gasteiger partial charge is 0.320 e. The minimum Gasteiger partial charge on any atom is -0.320 e. The molecular formula is C15H13FN6O2. The van der Waals surface area contributed by atoms with Crippen LogP contribution in [0.1, 0.15) is 5.56 Å². The molecule has 0 radical (unpaired) electrons. The van der Waals surface area contributed by atoms with Crippen LogP contribution in [0.4, 0.5) is 10.1 Å². The van der Waals surface area contributed by atoms with Crippen molar-refractivity contribution < 1.29 is 9.18 Å². The van der Waals surface area contributed by atoms with Crippen LogP contribution in [0, 0.1) is 5.82 Å². The highest BCUT2D eigenvalue weighted by atomic mass is 19.1. The smallest absolute Gasteiger partial charge is 0.274 e. The Morgan fingerprint density at radius 1 is 1.21 bits per heavy atom. The summed E-state index contributed by atoms with van der Waals surface area (Å²) in [4.78, 5) is 24.3. The summed E-state index contributed by atoms with van der Waals surface area (Å²) in [6, 6.07) is 9.03. The molecule has 1 aromatic carbocycles. The molecule has 0 aliphatic heterocycles. The lowest BCUT2D eigenvalue weighted by molar-refractivity contribution is -0.116. The third kappa shape index (κ3) is 3.69. The molecule has 2 heterocycles. The van der Waals surface area contributed by atoms with Crippen molar-refractivity contribution in [1.29, 1.82) is 0 Å². The number of benzene rings is 1. The van der Waals surface area contributed by atoms with Gasteiger partial charge in [0.1, 0.15) is 24.4 Å². The van der Waals surface area contributed by atoms with Crippen LogP contribution in [0.3, 0.4) is 0 Å². The monoisotopic (exact) mass is 328 g/mol. The van der Waals surface area contributed by atoms with Gasteiger partial charge in [-0.1, -0.05) is 12.1 Å². The van der Waals surface area contributed by atoms with Crippen LogP contribution in [-0.4, -0.2) is 30.7 Å². The highest BCUT2D eigenvalue weighted by Gasteiger charge is 2.09. The third-order valence-electron chi connectivity index (χ3n) is 3.26. The van der Waals surface area contributed by atoms with Gasteiger partial charge in [-0.05, 0) is 40.3 Å². The molecular weight excluding hydrogens is 315 g/mol. The molecule has 0 saturated carbocycles. The fraction of sp³-hybridized carbons (Fsp3) is 0.133. The van der Waals surface area contributed by atoms with Gasteiger partial charge < -0.3 is 9.88 Å². The molecule has 9 heteroatoms. The average molecular weight is 328 g/mol. The van der Waals surface area contributed by atoms with E-state index in [4.69, 9.17) is 0 Å². The second-order valence-electron chi connectivity index (χ2n) is 5.04. The van der Waals surface area contributed by atoms with E-state index in [0.29, 0.717) is 0 Å². The van der Waals surface area contributed by atoms with Gasteiger partial charge in [-0.25, -0.2) is 9.07 Å². The Hall–Kier alpha value is -3.36. The molecule has 0 aliphatic rings. The zero-order valence-corrected chi connectivity index (χ0v) is 12.5. The van der Waals surface area contributed by atoms with Gasteiger partial charge in [-0.3, -0.25) is 9.59 Å². The molecule has 0 fully saturated rings. The van der Waals surface area contributed by atoms with Crippen LogP contribution in [0.5, 0.6) is 0 Å². The Balaban J connectivity index is 1.74. The maximum Gasteiger partial charge on any atom is 0.274 e. The number of aromatic nitrogens is 5. The summed E-state index contributed by atoms with van der Waals surface area (Å²) >= 11 is 0. The summed E-state index contributed by atoms with van der Waals surface area (Å²) in [5.41, 5.74) is 0.570. The molecule has 8 nitrogen and oxygen atoms in total. The first-order valence-corrected chi connectivity index (χ1v) is 7.06. The van der Waals surface area contributed by atoms with Gasteiger partial charge in [-0.2, -0.15) is 0 Å². The number of carbonyl (C=O) groups excluding carboxylic acids is 1. The third-order valence-corrected chi connectivity index (χ3v) is 3.26. The fourth-order valence-corrected chi connectivity index (χ4v) is 2.13. The molecule has 3 rings (SSSR count). The molecule has 0 saturated heterocycles. The Labute approximate surface area is 135 Å². The number of pyridine rings is 1. The molecule has 1 N–H and O–H groups in total. The minimum absolute atomic E-state index is 0.0979. The molecule has 0 bridgehead atoms. The van der Waals surface area contributed by atoms with Crippen LogP contribution in [-0.2, 0) is 17.9 Å². The lowest BCUT2D eigenvalue weighted by Crippen LogP contribution is -2.27. The molecule has 0 unspecified atom stereocenters. The van der Waals surface area contributed by atoms with E-state index in [1.54, 1.807) is 24.4 Å². The predicted molar refractivity (Wildman–Crippen MR) is 82.7 cm³/mol. The lowest BCUT2D eigenvalue weighted by Gasteiger charge is -2.09. The van der Waals surface area contributed by atoms with Crippen molar-refractivity contribution in [3.63, 3.8) is 0 Å². The second-order valence-corrected chi connectivity index (χ2v) is 5.04. The predicted octanol–water partition coefficient (Wildman–Crippen LogP) is 0.661. The summed E-state index contributed by atoms with van der Waals surface area (Å²) in [5.74, 6) is -0.756. The summed E-state index contributed by atoms with van der Waals surface area (Å²) in [6.45, 7) is 0.176. The Morgan fingerprint density at radius 3 is 2.71 bits per heavy atom. The van der Waals surface area contributed by atoms with E-state index in [0.717, 1.165) is 5.56 Å². The highest BCUT2D eigenvalue weighted by molar-refractivity contribution is 5.90. The quantitative estimate of drug-likeness (QED) is 0.742. The van der Waals surface area contributed by atoms with Crippen LogP contribution in [0.25, 0.3) is 0 Å². The van der Waals surface area contributed by atoms with Crippen molar-refractivity contribution >= 4 is 11.6 Å². The Bertz CT molecular complexity index is 889. The summed E-state index contributed by atoms with van der Waals surface area (Å²) < 4.78 is 15.6. The maximum atomic E-state index is 12.9. The standard InChI is InChI=1S/C15H13FN6O2/c16-12-5-3-11(4-6-12)8-21-7-1-2-13(15(21)24)18-14(23)9-22-10-17-19-20-22/h1-7,10H,8-9H2,(H,18,23). The summed E-state index contributed by atoms with van der Waals surface area (Å²) in [7, 11) is 0. The van der Waals surface area contributed by atoms with E-state index < -0.39 is 5.91 Å². The number of hydrogen-bond donors (Lipinski definition) is 1. The van der Waals surface area contributed by atoms with Crippen molar-refractivity contribution in [3.05, 3.63) is 70.7 Å². The number of rotatable bonds is 5. The topological polar surface area (TPSA) is 94.7 Å². The maximum absolute atomic E-state index is 12.9. The molecule has 0 atom stereocenters. The van der Waals surface area contributed by atoms with Crippen LogP contribution >= 0.6 is 0 Å². The number of halogens is 1. The number of anilines is 1. The van der Waals surface area contributed by atoms with Gasteiger partial charge >= 0.3 is 0 Å². The molecule has 122 valence electrons. The zero-order valence-electron chi connectivity index (χ0n) is 12.5. The van der Waals surface area contributed by atoms with Gasteiger partial charge in [-0.15, -0.1) is 5.10 Å². The van der Waals surface area contributed by atoms with Gasteiger partial charge in [0.25, 0.3) is 5.56 Å². The molecule has 24 heavy (non-hydrogen) atoms. The number of tetrazole rings is 1. The zero-order chi connectivity index (χ0) is 16.9. The minimum atomic E-state index is -0.418. The first-order valence-electron chi connectivity index (χ1n) is 7.06. The highest BCUT2D eigenvalue weighted by Crippen LogP contribution is 2.06. The molecule has 0 spiro atoms. The van der Waals surface area contributed by atoms with Crippen molar-refractivity contribution in [2.24, 2.45) is 0 Å². The lowest BCUT2D eigenvalue weighted by atomic mass is 10.2. The van der Waals surface area contributed by atoms with Crippen LogP contribution in [0.2, 0.25) is 0 Å². The second kappa shape index (κ2) is 6.82. The van der Waals surface area contributed by atoms with Gasteiger partial charge in [0.2, 0.25) is 5.91 Å². The van der Waals surface area contributed by atoms with Crippen molar-refractivity contribution in [2.45, 2.75) is 13.1 Å². The molecule has 0 aliphatic carbocycles. The molecule has 1 amide bonds. The van der Waals surface area contributed by atoms with Gasteiger partial charge in [0.05, 0.1) is 6.54 Å². The fourth-order valence-electron chi connectivity index (χ4n) is 2.13. The number of carbonyl (C=O) groups is 1. The van der Waals surface area contributed by atoms with Crippen molar-refractivity contribution in [1.82, 2.24) is 24.8 Å². The van der Waals surface area contributed by atoms with E-state index in [-0.39, 0.29) is 30.2 Å². The van der Waals surface area contributed by atoms with E-state index in [1.165, 1.54) is 33.8 Å². The van der Waals surface area contributed by atoms with E-state index in [9.17, 15) is 14.0 Å². The first-order chi connectivity index (χ1) is 11.6. The number of amides is 1. The van der Waals surface area contributed by atoms with Crippen LogP contribution < -0.4 is 10.9 Å².